The first-order chi connectivity index (χ1) is 10.6. The van der Waals surface area contributed by atoms with Crippen LogP contribution in [-0.4, -0.2) is 18.1 Å². The fourth-order valence-corrected chi connectivity index (χ4v) is 6.53. The first-order valence-electron chi connectivity index (χ1n) is 9.70. The number of carbonyl (C=O) groups excluding carboxylic acids is 1. The number of nitrogens with one attached hydrogen (secondary N) is 2. The normalized spacial score (nSPS) is 42.1. The van der Waals surface area contributed by atoms with Crippen molar-refractivity contribution in [3.05, 3.63) is 0 Å². The van der Waals surface area contributed by atoms with Crippen molar-refractivity contribution >= 4 is 6.03 Å². The van der Waals surface area contributed by atoms with Crippen molar-refractivity contribution in [2.75, 3.05) is 0 Å². The van der Waals surface area contributed by atoms with E-state index in [4.69, 9.17) is 0 Å². The molecule has 5 saturated carbocycles. The summed E-state index contributed by atoms with van der Waals surface area (Å²) < 4.78 is 0. The first kappa shape index (κ1) is 14.8. The van der Waals surface area contributed by atoms with E-state index in [9.17, 15) is 4.79 Å². The van der Waals surface area contributed by atoms with Crippen molar-refractivity contribution in [1.82, 2.24) is 10.6 Å². The van der Waals surface area contributed by atoms with E-state index < -0.39 is 0 Å². The molecule has 0 aliphatic heterocycles. The maximum absolute atomic E-state index is 12.4. The number of hydrogen-bond acceptors (Lipinski definition) is 1. The molecule has 5 aliphatic carbocycles. The predicted octanol–water partition coefficient (Wildman–Crippen LogP) is 4.22. The molecule has 0 radical (unpaired) electrons. The third-order valence-corrected chi connectivity index (χ3v) is 7.29. The molecule has 3 heteroatoms. The number of amides is 2. The Labute approximate surface area is 135 Å². The first-order valence-corrected chi connectivity index (χ1v) is 9.70. The van der Waals surface area contributed by atoms with Crippen LogP contribution in [0.25, 0.3) is 0 Å². The second kappa shape index (κ2) is 5.72. The van der Waals surface area contributed by atoms with E-state index in [-0.39, 0.29) is 6.03 Å². The van der Waals surface area contributed by atoms with Crippen molar-refractivity contribution < 1.29 is 4.79 Å². The Morgan fingerprint density at radius 1 is 0.955 bits per heavy atom. The summed E-state index contributed by atoms with van der Waals surface area (Å²) in [5.74, 6) is 2.87. The fraction of sp³-hybridized carbons (Fsp3) is 0.947. The summed E-state index contributed by atoms with van der Waals surface area (Å²) in [7, 11) is 0. The van der Waals surface area contributed by atoms with Crippen molar-refractivity contribution in [2.45, 2.75) is 89.6 Å². The van der Waals surface area contributed by atoms with Crippen molar-refractivity contribution in [3.8, 4) is 0 Å². The van der Waals surface area contributed by atoms with Crippen LogP contribution in [0, 0.1) is 23.2 Å². The lowest BCUT2D eigenvalue weighted by Crippen LogP contribution is -2.57. The number of urea groups is 1. The molecule has 2 amide bonds. The van der Waals surface area contributed by atoms with Crippen LogP contribution >= 0.6 is 0 Å². The quantitative estimate of drug-likeness (QED) is 0.805. The molecule has 5 fully saturated rings. The van der Waals surface area contributed by atoms with Crippen LogP contribution in [0.3, 0.4) is 0 Å². The van der Waals surface area contributed by atoms with Gasteiger partial charge in [0.05, 0.1) is 0 Å². The summed E-state index contributed by atoms with van der Waals surface area (Å²) in [4.78, 5) is 12.4. The molecule has 1 atom stereocenters. The summed E-state index contributed by atoms with van der Waals surface area (Å²) in [5, 5.41) is 6.57. The van der Waals surface area contributed by atoms with Crippen LogP contribution < -0.4 is 10.6 Å². The Bertz CT molecular complexity index is 392. The SMILES string of the molecule is C[C@@H](NC(=O)NC1CCCCC1)C12CC3CC(CC(C3)C1)C2. The van der Waals surface area contributed by atoms with Crippen LogP contribution in [0.2, 0.25) is 0 Å². The fourth-order valence-electron chi connectivity index (χ4n) is 6.53. The highest BCUT2D eigenvalue weighted by molar-refractivity contribution is 5.74. The minimum absolute atomic E-state index is 0.0927. The lowest BCUT2D eigenvalue weighted by atomic mass is 9.48. The van der Waals surface area contributed by atoms with E-state index in [0.717, 1.165) is 17.8 Å². The smallest absolute Gasteiger partial charge is 0.315 e. The van der Waals surface area contributed by atoms with E-state index in [1.165, 1.54) is 70.6 Å². The number of carbonyl (C=O) groups is 1. The Hall–Kier alpha value is -0.730. The van der Waals surface area contributed by atoms with Crippen molar-refractivity contribution in [3.63, 3.8) is 0 Å². The summed E-state index contributed by atoms with van der Waals surface area (Å²) in [6, 6.07) is 0.844. The Morgan fingerprint density at radius 2 is 1.50 bits per heavy atom. The van der Waals surface area contributed by atoms with Crippen LogP contribution in [0.15, 0.2) is 0 Å². The molecule has 2 N–H and O–H groups in total. The minimum Gasteiger partial charge on any atom is -0.335 e. The zero-order chi connectivity index (χ0) is 15.2. The highest BCUT2D eigenvalue weighted by Crippen LogP contribution is 2.61. The van der Waals surface area contributed by atoms with Gasteiger partial charge >= 0.3 is 6.03 Å². The number of hydrogen-bond donors (Lipinski definition) is 2. The Morgan fingerprint density at radius 3 is 2.05 bits per heavy atom. The molecule has 0 spiro atoms. The molecule has 0 aromatic rings. The van der Waals surface area contributed by atoms with Crippen LogP contribution in [0.5, 0.6) is 0 Å². The monoisotopic (exact) mass is 304 g/mol. The summed E-state index contributed by atoms with van der Waals surface area (Å²) in [6.07, 6.45) is 14.7. The number of rotatable bonds is 3. The Kier molecular flexibility index (Phi) is 3.86. The van der Waals surface area contributed by atoms with Gasteiger partial charge < -0.3 is 10.6 Å². The molecule has 0 aromatic carbocycles. The molecule has 0 aromatic heterocycles. The maximum Gasteiger partial charge on any atom is 0.315 e. The lowest BCUT2D eigenvalue weighted by Gasteiger charge is -2.59. The predicted molar refractivity (Wildman–Crippen MR) is 88.6 cm³/mol. The van der Waals surface area contributed by atoms with Gasteiger partial charge in [-0.25, -0.2) is 4.79 Å². The van der Waals surface area contributed by atoms with E-state index in [2.05, 4.69) is 17.6 Å². The molecular formula is C19H32N2O. The van der Waals surface area contributed by atoms with E-state index in [1.54, 1.807) is 0 Å². The van der Waals surface area contributed by atoms with Gasteiger partial charge in [0.25, 0.3) is 0 Å². The van der Waals surface area contributed by atoms with Crippen LogP contribution in [-0.2, 0) is 0 Å². The van der Waals surface area contributed by atoms with Gasteiger partial charge in [0.1, 0.15) is 0 Å². The topological polar surface area (TPSA) is 41.1 Å². The van der Waals surface area contributed by atoms with E-state index >= 15 is 0 Å². The highest BCUT2D eigenvalue weighted by Gasteiger charge is 2.53. The van der Waals surface area contributed by atoms with Gasteiger partial charge in [0.15, 0.2) is 0 Å². The standard InChI is InChI=1S/C19H32N2O/c1-13(20-18(22)21-17-5-3-2-4-6-17)19-10-14-7-15(11-19)9-16(8-14)12-19/h13-17H,2-12H2,1H3,(H2,20,21,22)/t13-,14?,15?,16?,19?/m1/s1. The van der Waals surface area contributed by atoms with E-state index in [0.29, 0.717) is 17.5 Å². The van der Waals surface area contributed by atoms with Gasteiger partial charge in [-0.3, -0.25) is 0 Å². The van der Waals surface area contributed by atoms with Gasteiger partial charge in [-0.05, 0) is 81.5 Å². The maximum atomic E-state index is 12.4. The molecule has 5 rings (SSSR count). The highest BCUT2D eigenvalue weighted by atomic mass is 16.2. The molecule has 22 heavy (non-hydrogen) atoms. The van der Waals surface area contributed by atoms with Gasteiger partial charge in [0, 0.05) is 12.1 Å². The molecular weight excluding hydrogens is 272 g/mol. The van der Waals surface area contributed by atoms with Crippen LogP contribution in [0.4, 0.5) is 4.79 Å². The van der Waals surface area contributed by atoms with Crippen LogP contribution in [0.1, 0.15) is 77.6 Å². The minimum atomic E-state index is 0.0927. The van der Waals surface area contributed by atoms with Gasteiger partial charge in [-0.15, -0.1) is 0 Å². The van der Waals surface area contributed by atoms with Gasteiger partial charge in [-0.1, -0.05) is 19.3 Å². The largest absolute Gasteiger partial charge is 0.335 e. The third-order valence-electron chi connectivity index (χ3n) is 7.29. The van der Waals surface area contributed by atoms with E-state index in [1.807, 2.05) is 0 Å². The second-order valence-electron chi connectivity index (χ2n) is 8.95. The zero-order valence-corrected chi connectivity index (χ0v) is 14.1. The summed E-state index contributed by atoms with van der Waals surface area (Å²) >= 11 is 0. The van der Waals surface area contributed by atoms with Gasteiger partial charge in [0.2, 0.25) is 0 Å². The zero-order valence-electron chi connectivity index (χ0n) is 14.1. The molecule has 5 aliphatic rings. The van der Waals surface area contributed by atoms with Crippen molar-refractivity contribution in [2.24, 2.45) is 23.2 Å². The molecule has 124 valence electrons. The lowest BCUT2D eigenvalue weighted by molar-refractivity contribution is -0.0682. The van der Waals surface area contributed by atoms with Crippen molar-refractivity contribution in [1.29, 1.82) is 0 Å². The molecule has 0 saturated heterocycles. The second-order valence-corrected chi connectivity index (χ2v) is 8.95. The molecule has 0 unspecified atom stereocenters. The van der Waals surface area contributed by atoms with Gasteiger partial charge in [-0.2, -0.15) is 0 Å². The summed E-state index contributed by atoms with van der Waals surface area (Å²) in [6.45, 7) is 2.27. The average Bonchev–Trinajstić information content (AvgIpc) is 2.46. The third kappa shape index (κ3) is 2.76. The molecule has 3 nitrogen and oxygen atoms in total. The molecule has 4 bridgehead atoms. The molecule has 0 heterocycles. The Balaban J connectivity index is 1.35. The summed E-state index contributed by atoms with van der Waals surface area (Å²) in [5.41, 5.74) is 0.415. The average molecular weight is 304 g/mol.